The van der Waals surface area contributed by atoms with Crippen LogP contribution in [0.3, 0.4) is 0 Å². The van der Waals surface area contributed by atoms with Crippen LogP contribution in [0.4, 0.5) is 13.2 Å². The molecule has 0 aliphatic carbocycles. The summed E-state index contributed by atoms with van der Waals surface area (Å²) in [6.07, 6.45) is -4.30. The minimum absolute atomic E-state index is 0.317. The summed E-state index contributed by atoms with van der Waals surface area (Å²) in [5.41, 5.74) is 0.261. The van der Waals surface area contributed by atoms with Gasteiger partial charge in [0.05, 0.1) is 0 Å². The van der Waals surface area contributed by atoms with Crippen molar-refractivity contribution in [3.05, 3.63) is 69.3 Å². The van der Waals surface area contributed by atoms with E-state index in [1.54, 1.807) is 6.07 Å². The number of halogens is 4. The van der Waals surface area contributed by atoms with Crippen molar-refractivity contribution in [2.45, 2.75) is 6.18 Å². The zero-order valence-electron chi connectivity index (χ0n) is 9.71. The van der Waals surface area contributed by atoms with Crippen LogP contribution in [0, 0.1) is 13.4 Å². The van der Waals surface area contributed by atoms with Gasteiger partial charge in [0.1, 0.15) is 0 Å². The number of alkyl halides is 3. The Morgan fingerprint density at radius 1 is 0.842 bits per heavy atom. The van der Waals surface area contributed by atoms with Crippen LogP contribution in [-0.4, -0.2) is 0 Å². The third kappa shape index (κ3) is 4.00. The van der Waals surface area contributed by atoms with E-state index in [0.29, 0.717) is 3.57 Å². The maximum atomic E-state index is 12.8. The topological polar surface area (TPSA) is 0 Å². The van der Waals surface area contributed by atoms with Crippen molar-refractivity contribution in [1.82, 2.24) is 0 Å². The number of rotatable bonds is 1. The zero-order chi connectivity index (χ0) is 13.7. The van der Waals surface area contributed by atoms with Gasteiger partial charge in [-0.3, -0.25) is 0 Å². The van der Waals surface area contributed by atoms with Gasteiger partial charge >= 0.3 is 120 Å². The molecule has 0 aliphatic heterocycles. The molecule has 0 amide bonds. The molecule has 0 saturated carbocycles. The van der Waals surface area contributed by atoms with E-state index in [1.165, 1.54) is 12.1 Å². The van der Waals surface area contributed by atoms with Crippen LogP contribution >= 0.6 is 0 Å². The Hall–Kier alpha value is -1.48. The van der Waals surface area contributed by atoms with Crippen molar-refractivity contribution in [1.29, 1.82) is 0 Å². The van der Waals surface area contributed by atoms with Crippen LogP contribution < -0.4 is 21.2 Å². The van der Waals surface area contributed by atoms with Gasteiger partial charge in [0.25, 0.3) is 0 Å². The molecule has 0 atom stereocenters. The van der Waals surface area contributed by atoms with Gasteiger partial charge in [-0.1, -0.05) is 0 Å². The molecule has 0 spiro atoms. The molecule has 0 nitrogen and oxygen atoms in total. The first-order chi connectivity index (χ1) is 9.07. The Balaban J connectivity index is 2.20. The average molecular weight is 373 g/mol. The van der Waals surface area contributed by atoms with Crippen LogP contribution in [0.5, 0.6) is 0 Å². The fourth-order valence-electron chi connectivity index (χ4n) is 1.42. The molecule has 2 aromatic carbocycles. The molecule has 0 heterocycles. The molecule has 0 aliphatic rings. The summed E-state index contributed by atoms with van der Waals surface area (Å²) < 4.78 is 41.5. The molecule has 2 aromatic rings. The standard InChI is InChI=1S/C15H9F3I/c16-15(17,18)13-8-4-5-9-14(13)19-11-10-12-6-2-1-3-7-12/h1-9H/q-1. The van der Waals surface area contributed by atoms with E-state index < -0.39 is 32.9 Å². The van der Waals surface area contributed by atoms with E-state index in [2.05, 4.69) is 9.85 Å². The predicted molar refractivity (Wildman–Crippen MR) is 63.5 cm³/mol. The van der Waals surface area contributed by atoms with Gasteiger partial charge in [-0.05, 0) is 0 Å². The quantitative estimate of drug-likeness (QED) is 0.517. The molecule has 19 heavy (non-hydrogen) atoms. The van der Waals surface area contributed by atoms with Crippen LogP contribution in [-0.2, 0) is 6.18 Å². The zero-order valence-corrected chi connectivity index (χ0v) is 11.9. The molecular formula is C15H9F3I-. The van der Waals surface area contributed by atoms with Crippen molar-refractivity contribution >= 4 is 0 Å². The maximum absolute atomic E-state index is 12.8. The van der Waals surface area contributed by atoms with Crippen molar-refractivity contribution in [3.8, 4) is 9.85 Å². The minimum atomic E-state index is -4.30. The van der Waals surface area contributed by atoms with Crippen molar-refractivity contribution in [3.63, 3.8) is 0 Å². The monoisotopic (exact) mass is 373 g/mol. The second kappa shape index (κ2) is 6.11. The first-order valence-electron chi connectivity index (χ1n) is 5.43. The molecule has 0 N–H and O–H groups in total. The summed E-state index contributed by atoms with van der Waals surface area (Å²) in [6, 6.07) is 14.9. The fourth-order valence-corrected chi connectivity index (χ4v) is 3.32. The van der Waals surface area contributed by atoms with Gasteiger partial charge in [0, 0.05) is 0 Å². The normalized spacial score (nSPS) is 10.9. The van der Waals surface area contributed by atoms with Gasteiger partial charge in [-0.15, -0.1) is 0 Å². The molecule has 0 bridgehead atoms. The van der Waals surface area contributed by atoms with Crippen LogP contribution in [0.25, 0.3) is 0 Å². The second-order valence-electron chi connectivity index (χ2n) is 3.66. The summed E-state index contributed by atoms with van der Waals surface area (Å²) in [6.45, 7) is 0. The molecule has 0 unspecified atom stereocenters. The third-order valence-corrected chi connectivity index (χ3v) is 4.35. The summed E-state index contributed by atoms with van der Waals surface area (Å²) in [5, 5.41) is 0. The molecule has 0 aromatic heterocycles. The van der Waals surface area contributed by atoms with Crippen molar-refractivity contribution < 1.29 is 34.4 Å². The average Bonchev–Trinajstić information content (AvgIpc) is 2.39. The molecule has 4 heteroatoms. The number of hydrogen-bond donors (Lipinski definition) is 0. The van der Waals surface area contributed by atoms with Crippen LogP contribution in [0.15, 0.2) is 54.6 Å². The Morgan fingerprint density at radius 3 is 2.16 bits per heavy atom. The fraction of sp³-hybridized carbons (Fsp3) is 0.0667. The molecule has 0 radical (unpaired) electrons. The van der Waals surface area contributed by atoms with Gasteiger partial charge in [0.2, 0.25) is 0 Å². The van der Waals surface area contributed by atoms with Crippen molar-refractivity contribution in [2.24, 2.45) is 0 Å². The molecule has 0 saturated heterocycles. The Kier molecular flexibility index (Phi) is 4.48. The number of benzene rings is 2. The third-order valence-electron chi connectivity index (χ3n) is 2.29. The van der Waals surface area contributed by atoms with E-state index >= 15 is 0 Å². The van der Waals surface area contributed by atoms with Gasteiger partial charge in [-0.2, -0.15) is 0 Å². The molecule has 98 valence electrons. The van der Waals surface area contributed by atoms with E-state index in [0.717, 1.165) is 11.6 Å². The predicted octanol–water partition coefficient (Wildman–Crippen LogP) is 0.973. The SMILES string of the molecule is FC(F)(F)c1ccccc1[I-]C#Cc1ccccc1. The Bertz CT molecular complexity index is 607. The Morgan fingerprint density at radius 2 is 1.47 bits per heavy atom. The van der Waals surface area contributed by atoms with Crippen molar-refractivity contribution in [2.75, 3.05) is 0 Å². The molecular weight excluding hydrogens is 364 g/mol. The second-order valence-corrected chi connectivity index (χ2v) is 5.90. The number of hydrogen-bond acceptors (Lipinski definition) is 0. The molecule has 2 rings (SSSR count). The summed E-state index contributed by atoms with van der Waals surface area (Å²) in [5.74, 6) is 2.90. The van der Waals surface area contributed by atoms with Gasteiger partial charge in [-0.25, -0.2) is 0 Å². The van der Waals surface area contributed by atoms with E-state index in [9.17, 15) is 13.2 Å². The summed E-state index contributed by atoms with van der Waals surface area (Å²) >= 11 is -0.968. The first kappa shape index (κ1) is 13.9. The van der Waals surface area contributed by atoms with Gasteiger partial charge in [0.15, 0.2) is 0 Å². The molecule has 0 fully saturated rings. The van der Waals surface area contributed by atoms with Gasteiger partial charge < -0.3 is 0 Å². The first-order valence-corrected chi connectivity index (χ1v) is 7.59. The summed E-state index contributed by atoms with van der Waals surface area (Å²) in [4.78, 5) is 0. The van der Waals surface area contributed by atoms with E-state index in [1.807, 2.05) is 30.3 Å². The van der Waals surface area contributed by atoms with E-state index in [-0.39, 0.29) is 0 Å². The Labute approximate surface area is 119 Å². The van der Waals surface area contributed by atoms with Crippen LogP contribution in [0.2, 0.25) is 0 Å². The summed E-state index contributed by atoms with van der Waals surface area (Å²) in [7, 11) is 0. The van der Waals surface area contributed by atoms with E-state index in [4.69, 9.17) is 0 Å². The van der Waals surface area contributed by atoms with Crippen LogP contribution in [0.1, 0.15) is 11.1 Å².